The van der Waals surface area contributed by atoms with Crippen molar-refractivity contribution < 1.29 is 14.7 Å². The van der Waals surface area contributed by atoms with Crippen molar-refractivity contribution in [2.45, 2.75) is 51.0 Å². The molecule has 20 heavy (non-hydrogen) atoms. The van der Waals surface area contributed by atoms with Crippen LogP contribution in [-0.2, 0) is 4.79 Å². The number of aliphatic carboxylic acids is 1. The Bertz CT molecular complexity index is 518. The normalized spacial score (nSPS) is 18.3. The average molecular weight is 316 g/mol. The maximum absolute atomic E-state index is 12.3. The molecular weight excluding hydrogens is 298 g/mol. The first-order chi connectivity index (χ1) is 9.46. The summed E-state index contributed by atoms with van der Waals surface area (Å²) < 4.78 is 0. The maximum atomic E-state index is 12.3. The highest BCUT2D eigenvalue weighted by atomic mass is 35.5. The summed E-state index contributed by atoms with van der Waals surface area (Å²) in [4.78, 5) is 24.4. The van der Waals surface area contributed by atoms with Gasteiger partial charge >= 0.3 is 5.97 Å². The van der Waals surface area contributed by atoms with Crippen LogP contribution in [0.5, 0.6) is 0 Å². The molecule has 1 amide bonds. The lowest BCUT2D eigenvalue weighted by Crippen LogP contribution is -2.54. The van der Waals surface area contributed by atoms with Crippen molar-refractivity contribution in [3.63, 3.8) is 0 Å². The first-order valence-corrected chi connectivity index (χ1v) is 8.01. The second-order valence-electron chi connectivity index (χ2n) is 5.32. The zero-order valence-electron chi connectivity index (χ0n) is 11.4. The van der Waals surface area contributed by atoms with Crippen molar-refractivity contribution in [2.75, 3.05) is 0 Å². The molecule has 4 nitrogen and oxygen atoms in total. The fourth-order valence-electron chi connectivity index (χ4n) is 2.58. The highest BCUT2D eigenvalue weighted by molar-refractivity contribution is 7.13. The minimum atomic E-state index is -1.14. The van der Waals surface area contributed by atoms with Gasteiger partial charge < -0.3 is 10.4 Å². The van der Waals surface area contributed by atoms with Crippen LogP contribution in [0.25, 0.3) is 0 Å². The SMILES string of the molecule is Cc1csc(C(=O)NC2(C(=O)O)CCCCCC2)c1Cl. The third kappa shape index (κ3) is 2.99. The Morgan fingerprint density at radius 2 is 1.90 bits per heavy atom. The lowest BCUT2D eigenvalue weighted by Gasteiger charge is -2.29. The molecule has 1 aromatic heterocycles. The van der Waals surface area contributed by atoms with Crippen LogP contribution >= 0.6 is 22.9 Å². The van der Waals surface area contributed by atoms with E-state index in [1.54, 1.807) is 5.38 Å². The number of nitrogens with one attached hydrogen (secondary N) is 1. The molecule has 0 unspecified atom stereocenters. The van der Waals surface area contributed by atoms with Gasteiger partial charge in [0.1, 0.15) is 10.4 Å². The molecule has 0 bridgehead atoms. The van der Waals surface area contributed by atoms with Crippen LogP contribution < -0.4 is 5.32 Å². The second kappa shape index (κ2) is 6.14. The van der Waals surface area contributed by atoms with E-state index in [0.29, 0.717) is 22.7 Å². The van der Waals surface area contributed by atoms with Gasteiger partial charge in [0.25, 0.3) is 5.91 Å². The van der Waals surface area contributed by atoms with Gasteiger partial charge in [-0.25, -0.2) is 4.79 Å². The minimum absolute atomic E-state index is 0.377. The molecule has 1 heterocycles. The van der Waals surface area contributed by atoms with Crippen LogP contribution in [0.4, 0.5) is 0 Å². The third-order valence-corrected chi connectivity index (χ3v) is 5.52. The summed E-state index contributed by atoms with van der Waals surface area (Å²) in [6.45, 7) is 1.83. The Morgan fingerprint density at radius 3 is 2.35 bits per heavy atom. The first kappa shape index (κ1) is 15.3. The molecule has 0 atom stereocenters. The molecule has 0 radical (unpaired) electrons. The molecule has 1 aromatic rings. The van der Waals surface area contributed by atoms with Gasteiger partial charge in [0.2, 0.25) is 0 Å². The number of hydrogen-bond acceptors (Lipinski definition) is 3. The lowest BCUT2D eigenvalue weighted by atomic mass is 9.90. The molecular formula is C14H18ClNO3S. The molecule has 110 valence electrons. The van der Waals surface area contributed by atoms with Gasteiger partial charge in [-0.1, -0.05) is 37.3 Å². The van der Waals surface area contributed by atoms with Crippen molar-refractivity contribution in [3.8, 4) is 0 Å². The second-order valence-corrected chi connectivity index (χ2v) is 6.58. The van der Waals surface area contributed by atoms with Crippen molar-refractivity contribution in [2.24, 2.45) is 0 Å². The molecule has 1 fully saturated rings. The lowest BCUT2D eigenvalue weighted by molar-refractivity contribution is -0.145. The molecule has 2 N–H and O–H groups in total. The van der Waals surface area contributed by atoms with Crippen LogP contribution in [0.2, 0.25) is 5.02 Å². The predicted octanol–water partition coefficient (Wildman–Crippen LogP) is 3.62. The Hall–Kier alpha value is -1.07. The topological polar surface area (TPSA) is 66.4 Å². The van der Waals surface area contributed by atoms with E-state index >= 15 is 0 Å². The number of carbonyl (C=O) groups is 2. The zero-order chi connectivity index (χ0) is 14.8. The predicted molar refractivity (Wildman–Crippen MR) is 79.6 cm³/mol. The fourth-order valence-corrected chi connectivity index (χ4v) is 3.76. The fraction of sp³-hybridized carbons (Fsp3) is 0.571. The highest BCUT2D eigenvalue weighted by Crippen LogP contribution is 2.31. The largest absolute Gasteiger partial charge is 0.480 e. The van der Waals surface area contributed by atoms with Crippen molar-refractivity contribution >= 4 is 34.8 Å². The summed E-state index contributed by atoms with van der Waals surface area (Å²) in [6.07, 6.45) is 4.65. The average Bonchev–Trinajstić information content (AvgIpc) is 2.63. The Labute approximate surface area is 127 Å². The van der Waals surface area contributed by atoms with Gasteiger partial charge in [0.15, 0.2) is 0 Å². The Balaban J connectivity index is 2.22. The number of rotatable bonds is 3. The van der Waals surface area contributed by atoms with Crippen LogP contribution in [0, 0.1) is 6.92 Å². The van der Waals surface area contributed by atoms with E-state index in [1.807, 2.05) is 6.92 Å². The van der Waals surface area contributed by atoms with E-state index in [9.17, 15) is 14.7 Å². The number of carboxylic acids is 1. The van der Waals surface area contributed by atoms with E-state index in [2.05, 4.69) is 5.32 Å². The molecule has 1 aliphatic rings. The summed E-state index contributed by atoms with van der Waals surface area (Å²) in [5.41, 5.74) is -0.304. The number of amides is 1. The highest BCUT2D eigenvalue weighted by Gasteiger charge is 2.40. The number of hydrogen-bond donors (Lipinski definition) is 2. The maximum Gasteiger partial charge on any atom is 0.329 e. The Kier molecular flexibility index (Phi) is 4.70. The summed E-state index contributed by atoms with van der Waals surface area (Å²) >= 11 is 7.33. The first-order valence-electron chi connectivity index (χ1n) is 6.76. The van der Waals surface area contributed by atoms with Gasteiger partial charge in [-0.3, -0.25) is 4.79 Å². The number of aryl methyl sites for hydroxylation is 1. The number of thiophene rings is 1. The van der Waals surface area contributed by atoms with Gasteiger partial charge in [-0.2, -0.15) is 0 Å². The van der Waals surface area contributed by atoms with E-state index in [-0.39, 0.29) is 5.91 Å². The molecule has 2 rings (SSSR count). The van der Waals surface area contributed by atoms with Gasteiger partial charge in [0, 0.05) is 0 Å². The molecule has 0 aliphatic heterocycles. The van der Waals surface area contributed by atoms with E-state index in [4.69, 9.17) is 11.6 Å². The van der Waals surface area contributed by atoms with E-state index < -0.39 is 11.5 Å². The molecule has 0 spiro atoms. The standard InChI is InChI=1S/C14H18ClNO3S/c1-9-8-20-11(10(9)15)12(17)16-14(13(18)19)6-4-2-3-5-7-14/h8H,2-7H2,1H3,(H,16,17)(H,18,19). The van der Waals surface area contributed by atoms with Crippen LogP contribution in [0.15, 0.2) is 5.38 Å². The molecule has 1 saturated carbocycles. The molecule has 6 heteroatoms. The zero-order valence-corrected chi connectivity index (χ0v) is 12.9. The van der Waals surface area contributed by atoms with Gasteiger partial charge in [-0.05, 0) is 30.7 Å². The van der Waals surface area contributed by atoms with Crippen LogP contribution in [0.3, 0.4) is 0 Å². The number of halogens is 1. The van der Waals surface area contributed by atoms with Crippen molar-refractivity contribution in [1.29, 1.82) is 0 Å². The number of carboxylic acid groups (broad SMARTS) is 1. The van der Waals surface area contributed by atoms with E-state index in [0.717, 1.165) is 31.2 Å². The Morgan fingerprint density at radius 1 is 1.30 bits per heavy atom. The van der Waals surface area contributed by atoms with Crippen LogP contribution in [0.1, 0.15) is 53.8 Å². The summed E-state index contributed by atoms with van der Waals surface area (Å²) in [6, 6.07) is 0. The smallest absolute Gasteiger partial charge is 0.329 e. The van der Waals surface area contributed by atoms with Crippen molar-refractivity contribution in [1.82, 2.24) is 5.32 Å². The molecule has 0 saturated heterocycles. The molecule has 0 aromatic carbocycles. The van der Waals surface area contributed by atoms with Crippen molar-refractivity contribution in [3.05, 3.63) is 20.8 Å². The monoisotopic (exact) mass is 315 g/mol. The third-order valence-electron chi connectivity index (χ3n) is 3.82. The minimum Gasteiger partial charge on any atom is -0.480 e. The summed E-state index contributed by atoms with van der Waals surface area (Å²) in [7, 11) is 0. The molecule has 1 aliphatic carbocycles. The number of carbonyl (C=O) groups excluding carboxylic acids is 1. The quantitative estimate of drug-likeness (QED) is 0.837. The van der Waals surface area contributed by atoms with Gasteiger partial charge in [0.05, 0.1) is 5.02 Å². The summed E-state index contributed by atoms with van der Waals surface area (Å²) in [5, 5.41) is 14.5. The van der Waals surface area contributed by atoms with E-state index in [1.165, 1.54) is 11.3 Å². The van der Waals surface area contributed by atoms with Crippen LogP contribution in [-0.4, -0.2) is 22.5 Å². The summed E-state index contributed by atoms with van der Waals surface area (Å²) in [5.74, 6) is -1.32. The van der Waals surface area contributed by atoms with Gasteiger partial charge in [-0.15, -0.1) is 11.3 Å².